The molecule has 0 bridgehead atoms. The second-order valence-corrected chi connectivity index (χ2v) is 3.45. The summed E-state index contributed by atoms with van der Waals surface area (Å²) in [6, 6.07) is 7.65. The molecule has 0 radical (unpaired) electrons. The van der Waals surface area contributed by atoms with Gasteiger partial charge in [0.05, 0.1) is 6.61 Å². The van der Waals surface area contributed by atoms with E-state index in [4.69, 9.17) is 15.9 Å². The van der Waals surface area contributed by atoms with E-state index in [2.05, 4.69) is 5.92 Å². The lowest BCUT2D eigenvalue weighted by Crippen LogP contribution is -2.23. The van der Waals surface area contributed by atoms with Gasteiger partial charge in [0.25, 0.3) is 0 Å². The maximum Gasteiger partial charge on any atom is 0.122 e. The molecule has 0 saturated carbocycles. The van der Waals surface area contributed by atoms with E-state index < -0.39 is 6.10 Å². The van der Waals surface area contributed by atoms with Crippen LogP contribution in [0.2, 0.25) is 0 Å². The summed E-state index contributed by atoms with van der Waals surface area (Å²) in [6.45, 7) is 2.56. The van der Waals surface area contributed by atoms with Crippen molar-refractivity contribution in [2.24, 2.45) is 0 Å². The number of hydrogen-bond acceptors (Lipinski definition) is 3. The average Bonchev–Trinajstić information content (AvgIpc) is 2.28. The summed E-state index contributed by atoms with van der Waals surface area (Å²) >= 11 is 0. The van der Waals surface area contributed by atoms with E-state index in [1.165, 1.54) is 0 Å². The summed E-state index contributed by atoms with van der Waals surface area (Å²) in [4.78, 5) is 0. The molecule has 3 heteroatoms. The summed E-state index contributed by atoms with van der Waals surface area (Å²) in [5.41, 5.74) is 1.04. The minimum absolute atomic E-state index is 0.191. The van der Waals surface area contributed by atoms with Crippen LogP contribution < -0.4 is 4.74 Å². The molecule has 86 valence electrons. The predicted molar refractivity (Wildman–Crippen MR) is 62.3 cm³/mol. The van der Waals surface area contributed by atoms with Crippen molar-refractivity contribution >= 4 is 0 Å². The third-order valence-corrected chi connectivity index (χ3v) is 2.02. The van der Waals surface area contributed by atoms with Crippen molar-refractivity contribution in [1.29, 1.82) is 0 Å². The van der Waals surface area contributed by atoms with E-state index in [0.29, 0.717) is 0 Å². The van der Waals surface area contributed by atoms with Gasteiger partial charge < -0.3 is 14.6 Å². The van der Waals surface area contributed by atoms with Crippen molar-refractivity contribution in [1.82, 2.24) is 0 Å². The van der Waals surface area contributed by atoms with Crippen LogP contribution in [0.5, 0.6) is 5.75 Å². The molecule has 0 fully saturated rings. The van der Waals surface area contributed by atoms with E-state index in [1.807, 2.05) is 31.2 Å². The molecule has 0 aliphatic heterocycles. The van der Waals surface area contributed by atoms with Gasteiger partial charge in [-0.3, -0.25) is 0 Å². The molecule has 0 aromatic heterocycles. The van der Waals surface area contributed by atoms with Gasteiger partial charge in [0.15, 0.2) is 0 Å². The Morgan fingerprint density at radius 3 is 2.81 bits per heavy atom. The Kier molecular flexibility index (Phi) is 5.41. The molecule has 0 aliphatic carbocycles. The van der Waals surface area contributed by atoms with Crippen molar-refractivity contribution in [2.45, 2.75) is 13.0 Å². The molecular formula is C13H16O3. The van der Waals surface area contributed by atoms with Crippen LogP contribution in [0.1, 0.15) is 5.56 Å². The smallest absolute Gasteiger partial charge is 0.122 e. The number of para-hydroxylation sites is 1. The first-order valence-corrected chi connectivity index (χ1v) is 5.11. The minimum Gasteiger partial charge on any atom is -0.491 e. The molecule has 0 aliphatic rings. The predicted octanol–water partition coefficient (Wildman–Crippen LogP) is 1.38. The van der Waals surface area contributed by atoms with Crippen molar-refractivity contribution < 1.29 is 14.6 Å². The summed E-state index contributed by atoms with van der Waals surface area (Å²) in [7, 11) is 0. The number of benzene rings is 1. The second-order valence-electron chi connectivity index (χ2n) is 3.45. The zero-order valence-electron chi connectivity index (χ0n) is 9.35. The highest BCUT2D eigenvalue weighted by Crippen LogP contribution is 2.16. The maximum absolute atomic E-state index is 9.51. The summed E-state index contributed by atoms with van der Waals surface area (Å²) in [5.74, 6) is 3.11. The van der Waals surface area contributed by atoms with Gasteiger partial charge in [-0.25, -0.2) is 0 Å². The Morgan fingerprint density at radius 1 is 1.38 bits per heavy atom. The first-order chi connectivity index (χ1) is 7.74. The highest BCUT2D eigenvalue weighted by molar-refractivity contribution is 5.31. The molecule has 1 rings (SSSR count). The maximum atomic E-state index is 9.51. The second kappa shape index (κ2) is 6.89. The summed E-state index contributed by atoms with van der Waals surface area (Å²) < 4.78 is 10.4. The number of hydrogen-bond donors (Lipinski definition) is 1. The Labute approximate surface area is 96.0 Å². The molecule has 0 spiro atoms. The van der Waals surface area contributed by atoms with Crippen LogP contribution >= 0.6 is 0 Å². The van der Waals surface area contributed by atoms with Gasteiger partial charge in [-0.15, -0.1) is 6.42 Å². The number of rotatable bonds is 6. The third-order valence-electron chi connectivity index (χ3n) is 2.02. The molecular weight excluding hydrogens is 204 g/mol. The van der Waals surface area contributed by atoms with Crippen molar-refractivity contribution in [3.05, 3.63) is 29.8 Å². The van der Waals surface area contributed by atoms with Crippen LogP contribution in [0.25, 0.3) is 0 Å². The van der Waals surface area contributed by atoms with Crippen LogP contribution in [0.3, 0.4) is 0 Å². The summed E-state index contributed by atoms with van der Waals surface area (Å²) in [5, 5.41) is 9.51. The van der Waals surface area contributed by atoms with E-state index in [-0.39, 0.29) is 19.8 Å². The lowest BCUT2D eigenvalue weighted by atomic mass is 10.2. The van der Waals surface area contributed by atoms with Gasteiger partial charge in [0.1, 0.15) is 25.1 Å². The van der Waals surface area contributed by atoms with Crippen LogP contribution in [-0.4, -0.2) is 31.0 Å². The number of terminal acetylenes is 1. The largest absolute Gasteiger partial charge is 0.491 e. The van der Waals surface area contributed by atoms with Crippen molar-refractivity contribution in [2.75, 3.05) is 19.8 Å². The normalized spacial score (nSPS) is 11.8. The fourth-order valence-electron chi connectivity index (χ4n) is 1.21. The van der Waals surface area contributed by atoms with Gasteiger partial charge in [0, 0.05) is 0 Å². The molecule has 1 aromatic rings. The zero-order valence-corrected chi connectivity index (χ0v) is 9.35. The fraction of sp³-hybridized carbons (Fsp3) is 0.385. The van der Waals surface area contributed by atoms with Crippen LogP contribution in [0.15, 0.2) is 24.3 Å². The van der Waals surface area contributed by atoms with E-state index in [1.54, 1.807) is 0 Å². The number of aliphatic hydroxyl groups excluding tert-OH is 1. The van der Waals surface area contributed by atoms with Crippen molar-refractivity contribution in [3.8, 4) is 18.1 Å². The lowest BCUT2D eigenvalue weighted by Gasteiger charge is -2.13. The van der Waals surface area contributed by atoms with Gasteiger partial charge in [-0.05, 0) is 18.6 Å². The molecule has 16 heavy (non-hydrogen) atoms. The number of ether oxygens (including phenoxy) is 2. The van der Waals surface area contributed by atoms with Gasteiger partial charge in [-0.1, -0.05) is 24.1 Å². The van der Waals surface area contributed by atoms with Crippen LogP contribution in [0, 0.1) is 19.3 Å². The van der Waals surface area contributed by atoms with Gasteiger partial charge in [0.2, 0.25) is 0 Å². The lowest BCUT2D eigenvalue weighted by molar-refractivity contribution is 0.0227. The fourth-order valence-corrected chi connectivity index (χ4v) is 1.21. The molecule has 0 saturated heterocycles. The SMILES string of the molecule is C#CCOCC(O)COc1ccccc1C. The highest BCUT2D eigenvalue weighted by Gasteiger charge is 2.06. The van der Waals surface area contributed by atoms with E-state index in [9.17, 15) is 5.11 Å². The Morgan fingerprint density at radius 2 is 2.12 bits per heavy atom. The third kappa shape index (κ3) is 4.35. The van der Waals surface area contributed by atoms with Crippen molar-refractivity contribution in [3.63, 3.8) is 0 Å². The van der Waals surface area contributed by atoms with E-state index >= 15 is 0 Å². The molecule has 0 amide bonds. The first-order valence-electron chi connectivity index (χ1n) is 5.11. The topological polar surface area (TPSA) is 38.7 Å². The molecule has 1 aromatic carbocycles. The first kappa shape index (κ1) is 12.6. The monoisotopic (exact) mass is 220 g/mol. The average molecular weight is 220 g/mol. The van der Waals surface area contributed by atoms with Crippen LogP contribution in [-0.2, 0) is 4.74 Å². The molecule has 1 atom stereocenters. The molecule has 3 nitrogen and oxygen atoms in total. The zero-order chi connectivity index (χ0) is 11.8. The highest BCUT2D eigenvalue weighted by atomic mass is 16.5. The van der Waals surface area contributed by atoms with Crippen LogP contribution in [0.4, 0.5) is 0 Å². The molecule has 1 unspecified atom stereocenters. The summed E-state index contributed by atoms with van der Waals surface area (Å²) in [6.07, 6.45) is 4.35. The number of aryl methyl sites for hydroxylation is 1. The number of aliphatic hydroxyl groups is 1. The van der Waals surface area contributed by atoms with Gasteiger partial charge in [-0.2, -0.15) is 0 Å². The Hall–Kier alpha value is -1.50. The minimum atomic E-state index is -0.659. The Bertz CT molecular complexity index is 354. The van der Waals surface area contributed by atoms with E-state index in [0.717, 1.165) is 11.3 Å². The standard InChI is InChI=1S/C13H16O3/c1-3-8-15-9-12(14)10-16-13-7-5-4-6-11(13)2/h1,4-7,12,14H,8-10H2,2H3. The molecule has 0 heterocycles. The molecule has 1 N–H and O–H groups in total. The van der Waals surface area contributed by atoms with Gasteiger partial charge >= 0.3 is 0 Å². The Balaban J connectivity index is 2.29. The quantitative estimate of drug-likeness (QED) is 0.581.